The molecule has 0 spiro atoms. The first-order valence-electron chi connectivity index (χ1n) is 17.6. The Kier molecular flexibility index (Phi) is 11.2. The summed E-state index contributed by atoms with van der Waals surface area (Å²) in [5.41, 5.74) is 3.44. The van der Waals surface area contributed by atoms with E-state index in [9.17, 15) is 23.4 Å². The Morgan fingerprint density at radius 1 is 0.642 bits per heavy atom. The highest BCUT2D eigenvalue weighted by atomic mass is 35.5. The van der Waals surface area contributed by atoms with Crippen LogP contribution in [0.5, 0.6) is 5.75 Å². The molecule has 2 bridgehead atoms. The summed E-state index contributed by atoms with van der Waals surface area (Å²) < 4.78 is 62.7. The molecule has 2 saturated carbocycles. The van der Waals surface area contributed by atoms with Crippen LogP contribution in [0.1, 0.15) is 39.8 Å². The summed E-state index contributed by atoms with van der Waals surface area (Å²) in [4.78, 5) is 0. The number of halogens is 4. The molecule has 7 atom stereocenters. The number of alkyl halides is 3. The highest BCUT2D eigenvalue weighted by Gasteiger charge is 2.69. The van der Waals surface area contributed by atoms with Gasteiger partial charge in [0.05, 0.1) is 43.5 Å². The van der Waals surface area contributed by atoms with Crippen molar-refractivity contribution in [2.45, 2.75) is 75.0 Å². The van der Waals surface area contributed by atoms with Crippen molar-refractivity contribution in [3.63, 3.8) is 0 Å². The molecule has 2 aliphatic carbocycles. The third-order valence-corrected chi connectivity index (χ3v) is 10.8. The van der Waals surface area contributed by atoms with Crippen molar-refractivity contribution in [3.05, 3.63) is 172 Å². The molecule has 0 saturated heterocycles. The Balaban J connectivity index is 1.28. The van der Waals surface area contributed by atoms with E-state index in [2.05, 4.69) is 4.74 Å². The van der Waals surface area contributed by atoms with Crippen LogP contribution in [0, 0.1) is 5.92 Å². The number of aliphatic hydroxyl groups is 2. The molecule has 53 heavy (non-hydrogen) atoms. The Morgan fingerprint density at radius 3 is 1.72 bits per heavy atom. The number of ether oxygens (including phenoxy) is 4. The van der Waals surface area contributed by atoms with E-state index in [1.54, 1.807) is 24.3 Å². The minimum atomic E-state index is -4.80. The molecule has 2 N–H and O–H groups in total. The summed E-state index contributed by atoms with van der Waals surface area (Å²) in [6.45, 7) is 0.698. The molecule has 0 aliphatic heterocycles. The maximum Gasteiger partial charge on any atom is 0.573 e. The van der Waals surface area contributed by atoms with Gasteiger partial charge in [0.1, 0.15) is 18.0 Å². The number of rotatable bonds is 13. The van der Waals surface area contributed by atoms with Crippen LogP contribution in [0.3, 0.4) is 0 Å². The predicted molar refractivity (Wildman–Crippen MR) is 194 cm³/mol. The first-order valence-corrected chi connectivity index (χ1v) is 18.0. The maximum absolute atomic E-state index is 12.8. The molecule has 5 aromatic rings. The number of hydrogen-bond donors (Lipinski definition) is 2. The number of hydrogen-bond acceptors (Lipinski definition) is 6. The Labute approximate surface area is 311 Å². The van der Waals surface area contributed by atoms with Crippen LogP contribution in [0.25, 0.3) is 0 Å². The normalized spacial score (nSPS) is 25.3. The quantitative estimate of drug-likeness (QED) is 0.126. The zero-order valence-corrected chi connectivity index (χ0v) is 29.5. The molecular formula is C43H40ClF3O6. The van der Waals surface area contributed by atoms with Gasteiger partial charge in [-0.2, -0.15) is 0 Å². The zero-order valence-electron chi connectivity index (χ0n) is 28.7. The second-order valence-electron chi connectivity index (χ2n) is 13.7. The van der Waals surface area contributed by atoms with Crippen molar-refractivity contribution < 1.29 is 42.3 Å². The highest BCUT2D eigenvalue weighted by Crippen LogP contribution is 2.56. The minimum Gasteiger partial charge on any atom is -0.406 e. The third-order valence-electron chi connectivity index (χ3n) is 10.4. The van der Waals surface area contributed by atoms with Crippen molar-refractivity contribution in [1.29, 1.82) is 0 Å². The first kappa shape index (κ1) is 37.1. The standard InChI is InChI=1S/C43H40ClF3O6/c44-36-21-18-33(23-32(36)22-28-16-19-34(20-17-28)53-43(45,46)47)42-37(48)24-35(40(42)49)38(50-25-29-10-4-1-5-11-29)39(51-26-30-12-6-2-7-13-30)41(42)52-27-31-14-8-3-9-15-31/h1-21,23,35,37-41,48-49H,22,24-27H2/t35-,37?,38+,39+,40?,41+,42+/m1/s1. The van der Waals surface area contributed by atoms with Gasteiger partial charge in [-0.25, -0.2) is 0 Å². The summed E-state index contributed by atoms with van der Waals surface area (Å²) in [6, 6.07) is 40.2. The number of aliphatic hydroxyl groups excluding tert-OH is 2. The van der Waals surface area contributed by atoms with Crippen LogP contribution < -0.4 is 4.74 Å². The van der Waals surface area contributed by atoms with Gasteiger partial charge < -0.3 is 29.2 Å². The van der Waals surface area contributed by atoms with Gasteiger partial charge in [0.2, 0.25) is 0 Å². The summed E-state index contributed by atoms with van der Waals surface area (Å²) in [7, 11) is 0. The Bertz CT molecular complexity index is 1930. The highest BCUT2D eigenvalue weighted by molar-refractivity contribution is 6.31. The SMILES string of the molecule is OC1C[C@H]2C(O)[C@@]1(c1ccc(Cl)c(Cc3ccc(OC(F)(F)F)cc3)c1)[C@@H](OCc1ccccc1)[C@@H](OCc1ccccc1)[C@H]2OCc1ccccc1. The molecular weight excluding hydrogens is 705 g/mol. The van der Waals surface area contributed by atoms with Crippen molar-refractivity contribution in [2.75, 3.05) is 0 Å². The lowest BCUT2D eigenvalue weighted by Gasteiger charge is -2.52. The smallest absolute Gasteiger partial charge is 0.406 e. The molecule has 2 fully saturated rings. The van der Waals surface area contributed by atoms with E-state index in [4.69, 9.17) is 25.8 Å². The topological polar surface area (TPSA) is 77.4 Å². The maximum atomic E-state index is 12.8. The molecule has 2 aliphatic rings. The number of fused-ring (bicyclic) bond motifs is 2. The van der Waals surface area contributed by atoms with Crippen LogP contribution in [0.4, 0.5) is 13.2 Å². The summed E-state index contributed by atoms with van der Waals surface area (Å²) in [5, 5.41) is 25.1. The molecule has 2 unspecified atom stereocenters. The van der Waals surface area contributed by atoms with Crippen LogP contribution in [0.15, 0.2) is 133 Å². The van der Waals surface area contributed by atoms with Gasteiger partial charge in [-0.1, -0.05) is 127 Å². The van der Waals surface area contributed by atoms with E-state index in [0.29, 0.717) is 21.7 Å². The lowest BCUT2D eigenvalue weighted by atomic mass is 9.63. The minimum absolute atomic E-state index is 0.181. The van der Waals surface area contributed by atoms with Gasteiger partial charge in [0.15, 0.2) is 0 Å². The zero-order chi connectivity index (χ0) is 37.0. The van der Waals surface area contributed by atoms with Crippen molar-refractivity contribution in [1.82, 2.24) is 0 Å². The molecule has 276 valence electrons. The van der Waals surface area contributed by atoms with Crippen LogP contribution in [-0.4, -0.2) is 47.1 Å². The molecule has 0 amide bonds. The first-order chi connectivity index (χ1) is 25.6. The lowest BCUT2D eigenvalue weighted by molar-refractivity contribution is -0.274. The Morgan fingerprint density at radius 2 is 1.17 bits per heavy atom. The van der Waals surface area contributed by atoms with E-state index >= 15 is 0 Å². The largest absolute Gasteiger partial charge is 0.573 e. The van der Waals surface area contributed by atoms with E-state index < -0.39 is 48.2 Å². The van der Waals surface area contributed by atoms with Crippen molar-refractivity contribution in [3.8, 4) is 5.75 Å². The third kappa shape index (κ3) is 8.16. The summed E-state index contributed by atoms with van der Waals surface area (Å²) >= 11 is 6.75. The van der Waals surface area contributed by atoms with E-state index in [-0.39, 0.29) is 38.4 Å². The van der Waals surface area contributed by atoms with Gasteiger partial charge >= 0.3 is 6.36 Å². The molecule has 10 heteroatoms. The van der Waals surface area contributed by atoms with Gasteiger partial charge in [0.25, 0.3) is 0 Å². The van der Waals surface area contributed by atoms with Gasteiger partial charge in [0, 0.05) is 10.9 Å². The molecule has 6 nitrogen and oxygen atoms in total. The van der Waals surface area contributed by atoms with Crippen LogP contribution >= 0.6 is 11.6 Å². The molecule has 5 aromatic carbocycles. The molecule has 0 aromatic heterocycles. The number of benzene rings is 5. The van der Waals surface area contributed by atoms with E-state index in [1.807, 2.05) is 97.1 Å². The fourth-order valence-corrected chi connectivity index (χ4v) is 8.14. The fourth-order valence-electron chi connectivity index (χ4n) is 7.96. The molecule has 7 rings (SSSR count). The molecule has 0 heterocycles. The lowest BCUT2D eigenvalue weighted by Crippen LogP contribution is -2.66. The average Bonchev–Trinajstić information content (AvgIpc) is 3.36. The van der Waals surface area contributed by atoms with Crippen molar-refractivity contribution in [2.24, 2.45) is 5.92 Å². The predicted octanol–water partition coefficient (Wildman–Crippen LogP) is 8.58. The van der Waals surface area contributed by atoms with Gasteiger partial charge in [-0.15, -0.1) is 13.2 Å². The van der Waals surface area contributed by atoms with E-state index in [1.165, 1.54) is 12.1 Å². The van der Waals surface area contributed by atoms with E-state index in [0.717, 1.165) is 16.7 Å². The fraction of sp³-hybridized carbons (Fsp3) is 0.302. The Hall–Kier alpha value is -4.22. The molecule has 0 radical (unpaired) electrons. The van der Waals surface area contributed by atoms with Gasteiger partial charge in [-0.05, 0) is 64.4 Å². The van der Waals surface area contributed by atoms with Crippen LogP contribution in [-0.2, 0) is 45.9 Å². The van der Waals surface area contributed by atoms with Crippen molar-refractivity contribution >= 4 is 11.6 Å². The second kappa shape index (κ2) is 16.0. The average molecular weight is 745 g/mol. The monoisotopic (exact) mass is 744 g/mol. The summed E-state index contributed by atoms with van der Waals surface area (Å²) in [6.07, 6.45) is -8.67. The van der Waals surface area contributed by atoms with Crippen LogP contribution in [0.2, 0.25) is 5.02 Å². The second-order valence-corrected chi connectivity index (χ2v) is 14.1. The summed E-state index contributed by atoms with van der Waals surface area (Å²) in [5.74, 6) is -0.833. The van der Waals surface area contributed by atoms with Gasteiger partial charge in [-0.3, -0.25) is 0 Å².